The van der Waals surface area contributed by atoms with Gasteiger partial charge in [0.25, 0.3) is 0 Å². The van der Waals surface area contributed by atoms with Crippen molar-refractivity contribution in [3.05, 3.63) is 52.5 Å². The van der Waals surface area contributed by atoms with Gasteiger partial charge in [0.2, 0.25) is 0 Å². The zero-order valence-electron chi connectivity index (χ0n) is 12.1. The Morgan fingerprint density at radius 3 is 2.30 bits per heavy atom. The van der Waals surface area contributed by atoms with Crippen molar-refractivity contribution in [2.45, 2.75) is 32.6 Å². The number of hydrogen-bond donors (Lipinski definition) is 1. The second-order valence-corrected chi connectivity index (χ2v) is 6.41. The molecular weight excluding hydrogens is 314 g/mol. The van der Waals surface area contributed by atoms with Crippen LogP contribution in [0.1, 0.15) is 32.8 Å². The Bertz CT molecular complexity index is 590. The Kier molecular flexibility index (Phi) is 4.39. The fraction of sp³-hybridized carbons (Fsp3) is 0.294. The second kappa shape index (κ2) is 5.88. The van der Waals surface area contributed by atoms with Crippen LogP contribution in [0.15, 0.2) is 46.9 Å². The molecule has 106 valence electrons. The lowest BCUT2D eigenvalue weighted by atomic mass is 9.82. The van der Waals surface area contributed by atoms with E-state index < -0.39 is 0 Å². The Morgan fingerprint density at radius 1 is 1.10 bits per heavy atom. The smallest absolute Gasteiger partial charge is 0.141 e. The van der Waals surface area contributed by atoms with Crippen LogP contribution in [-0.2, 0) is 5.41 Å². The molecule has 20 heavy (non-hydrogen) atoms. The molecule has 2 nitrogen and oxygen atoms in total. The number of hydrogen-bond acceptors (Lipinski definition) is 2. The van der Waals surface area contributed by atoms with Crippen molar-refractivity contribution in [2.24, 2.45) is 0 Å². The standard InChI is InChI=1S/C17H20BrNO/c1-4-17(2,3)12-5-8-14(9-6-12)20-16-10-7-13(19)11-15(16)18/h5-11H,4,19H2,1-3H3. The minimum atomic E-state index is 0.195. The van der Waals surface area contributed by atoms with Crippen molar-refractivity contribution < 1.29 is 4.74 Å². The summed E-state index contributed by atoms with van der Waals surface area (Å²) in [5.74, 6) is 1.59. The molecule has 0 aliphatic rings. The first-order chi connectivity index (χ1) is 9.42. The van der Waals surface area contributed by atoms with Crippen molar-refractivity contribution in [3.63, 3.8) is 0 Å². The Hall–Kier alpha value is -1.48. The summed E-state index contributed by atoms with van der Waals surface area (Å²) in [6.45, 7) is 6.70. The van der Waals surface area contributed by atoms with E-state index in [1.807, 2.05) is 30.3 Å². The minimum absolute atomic E-state index is 0.195. The van der Waals surface area contributed by atoms with Crippen molar-refractivity contribution in [2.75, 3.05) is 5.73 Å². The molecule has 0 aromatic heterocycles. The molecule has 0 atom stereocenters. The van der Waals surface area contributed by atoms with Crippen LogP contribution in [0.25, 0.3) is 0 Å². The number of halogens is 1. The zero-order valence-corrected chi connectivity index (χ0v) is 13.7. The van der Waals surface area contributed by atoms with Gasteiger partial charge in [-0.2, -0.15) is 0 Å². The maximum absolute atomic E-state index is 5.86. The third kappa shape index (κ3) is 3.34. The molecule has 0 fully saturated rings. The first-order valence-electron chi connectivity index (χ1n) is 6.76. The molecule has 0 aliphatic carbocycles. The molecular formula is C17H20BrNO. The van der Waals surface area contributed by atoms with Gasteiger partial charge in [0.05, 0.1) is 4.47 Å². The lowest BCUT2D eigenvalue weighted by Crippen LogP contribution is -2.14. The molecule has 2 N–H and O–H groups in total. The van der Waals surface area contributed by atoms with Gasteiger partial charge in [0, 0.05) is 5.69 Å². The number of ether oxygens (including phenoxy) is 1. The summed E-state index contributed by atoms with van der Waals surface area (Å²) in [7, 11) is 0. The van der Waals surface area contributed by atoms with Gasteiger partial charge in [-0.3, -0.25) is 0 Å². The van der Waals surface area contributed by atoms with Crippen LogP contribution in [0.3, 0.4) is 0 Å². The second-order valence-electron chi connectivity index (χ2n) is 5.55. The third-order valence-corrected chi connectivity index (χ3v) is 4.32. The molecule has 0 aliphatic heterocycles. The van der Waals surface area contributed by atoms with Crippen LogP contribution >= 0.6 is 15.9 Å². The normalized spacial score (nSPS) is 11.4. The highest BCUT2D eigenvalue weighted by molar-refractivity contribution is 9.10. The predicted octanol–water partition coefficient (Wildman–Crippen LogP) is 5.51. The van der Waals surface area contributed by atoms with Crippen LogP contribution < -0.4 is 10.5 Å². The highest BCUT2D eigenvalue weighted by atomic mass is 79.9. The van der Waals surface area contributed by atoms with E-state index in [0.717, 1.165) is 22.4 Å². The summed E-state index contributed by atoms with van der Waals surface area (Å²) < 4.78 is 6.72. The Balaban J connectivity index is 2.19. The van der Waals surface area contributed by atoms with Crippen LogP contribution in [0.5, 0.6) is 11.5 Å². The van der Waals surface area contributed by atoms with Gasteiger partial charge in [-0.15, -0.1) is 0 Å². The number of nitrogen functional groups attached to an aromatic ring is 1. The first kappa shape index (κ1) is 14.9. The van der Waals surface area contributed by atoms with Gasteiger partial charge in [-0.05, 0) is 63.7 Å². The largest absolute Gasteiger partial charge is 0.456 e. The molecule has 2 rings (SSSR count). The summed E-state index contributed by atoms with van der Waals surface area (Å²) in [5, 5.41) is 0. The van der Waals surface area contributed by atoms with Crippen molar-refractivity contribution in [1.29, 1.82) is 0 Å². The molecule has 0 heterocycles. The maximum Gasteiger partial charge on any atom is 0.141 e. The summed E-state index contributed by atoms with van der Waals surface area (Å²) >= 11 is 3.46. The molecule has 0 saturated heterocycles. The fourth-order valence-electron chi connectivity index (χ4n) is 1.91. The van der Waals surface area contributed by atoms with E-state index in [1.165, 1.54) is 5.56 Å². The molecule has 3 heteroatoms. The van der Waals surface area contributed by atoms with Crippen LogP contribution in [0, 0.1) is 0 Å². The summed E-state index contributed by atoms with van der Waals surface area (Å²) in [5.41, 5.74) is 7.95. The highest BCUT2D eigenvalue weighted by Crippen LogP contribution is 2.33. The van der Waals surface area contributed by atoms with E-state index in [1.54, 1.807) is 0 Å². The van der Waals surface area contributed by atoms with Gasteiger partial charge >= 0.3 is 0 Å². The monoisotopic (exact) mass is 333 g/mol. The third-order valence-electron chi connectivity index (χ3n) is 3.70. The van der Waals surface area contributed by atoms with Crippen molar-refractivity contribution in [3.8, 4) is 11.5 Å². The molecule has 2 aromatic rings. The van der Waals surface area contributed by atoms with Crippen molar-refractivity contribution in [1.82, 2.24) is 0 Å². The number of anilines is 1. The molecule has 0 radical (unpaired) electrons. The van der Waals surface area contributed by atoms with E-state index in [9.17, 15) is 0 Å². The Morgan fingerprint density at radius 2 is 1.75 bits per heavy atom. The van der Waals surface area contributed by atoms with Gasteiger partial charge in [-0.1, -0.05) is 32.9 Å². The molecule has 0 unspecified atom stereocenters. The lowest BCUT2D eigenvalue weighted by Gasteiger charge is -2.23. The van der Waals surface area contributed by atoms with Gasteiger partial charge in [-0.25, -0.2) is 0 Å². The Labute approximate surface area is 129 Å². The summed E-state index contributed by atoms with van der Waals surface area (Å²) in [6, 6.07) is 13.8. The minimum Gasteiger partial charge on any atom is -0.456 e. The topological polar surface area (TPSA) is 35.2 Å². The average Bonchev–Trinajstić information content (AvgIpc) is 2.42. The number of rotatable bonds is 4. The van der Waals surface area contributed by atoms with E-state index in [0.29, 0.717) is 5.69 Å². The predicted molar refractivity (Wildman–Crippen MR) is 88.4 cm³/mol. The summed E-state index contributed by atoms with van der Waals surface area (Å²) in [4.78, 5) is 0. The SMILES string of the molecule is CCC(C)(C)c1ccc(Oc2ccc(N)cc2Br)cc1. The quantitative estimate of drug-likeness (QED) is 0.748. The van der Waals surface area contributed by atoms with Crippen LogP contribution in [0.2, 0.25) is 0 Å². The molecule has 0 amide bonds. The molecule has 2 aromatic carbocycles. The van der Waals surface area contributed by atoms with Gasteiger partial charge in [0.15, 0.2) is 0 Å². The van der Waals surface area contributed by atoms with E-state index in [4.69, 9.17) is 10.5 Å². The van der Waals surface area contributed by atoms with E-state index >= 15 is 0 Å². The number of benzene rings is 2. The van der Waals surface area contributed by atoms with E-state index in [-0.39, 0.29) is 5.41 Å². The van der Waals surface area contributed by atoms with Gasteiger partial charge in [0.1, 0.15) is 11.5 Å². The molecule has 0 saturated carbocycles. The molecule has 0 bridgehead atoms. The van der Waals surface area contributed by atoms with Gasteiger partial charge < -0.3 is 10.5 Å². The zero-order chi connectivity index (χ0) is 14.8. The maximum atomic E-state index is 5.86. The van der Waals surface area contributed by atoms with Crippen LogP contribution in [0.4, 0.5) is 5.69 Å². The highest BCUT2D eigenvalue weighted by Gasteiger charge is 2.17. The average molecular weight is 334 g/mol. The van der Waals surface area contributed by atoms with Crippen molar-refractivity contribution >= 4 is 21.6 Å². The first-order valence-corrected chi connectivity index (χ1v) is 7.55. The summed E-state index contributed by atoms with van der Waals surface area (Å²) in [6.07, 6.45) is 1.11. The van der Waals surface area contributed by atoms with E-state index in [2.05, 4.69) is 48.8 Å². The fourth-order valence-corrected chi connectivity index (χ4v) is 2.38. The molecule has 0 spiro atoms. The van der Waals surface area contributed by atoms with Crippen LogP contribution in [-0.4, -0.2) is 0 Å². The lowest BCUT2D eigenvalue weighted by molar-refractivity contribution is 0.475. The number of nitrogens with two attached hydrogens (primary N) is 1.